The van der Waals surface area contributed by atoms with Crippen LogP contribution in [0, 0.1) is 0 Å². The molecule has 0 fully saturated rings. The van der Waals surface area contributed by atoms with E-state index in [1.165, 1.54) is 4.90 Å². The molecule has 0 radical (unpaired) electrons. The number of esters is 1. The first-order valence-corrected chi connectivity index (χ1v) is 9.07. The standard InChI is InChI=1S/C20H19ClN2O5/c1-13-9-18(24)22-16-7-2-3-8-17(16)23(13)19(25)11-28-20(26)12-27-15-6-4-5-14(21)10-15/h2-8,10,13H,9,11-12H2,1H3,(H,22,24). The summed E-state index contributed by atoms with van der Waals surface area (Å²) in [6.07, 6.45) is 0.145. The molecule has 1 aliphatic rings. The molecule has 1 atom stereocenters. The number of amides is 2. The van der Waals surface area contributed by atoms with Gasteiger partial charge in [-0.3, -0.25) is 9.59 Å². The molecule has 7 nitrogen and oxygen atoms in total. The molecule has 8 heteroatoms. The smallest absolute Gasteiger partial charge is 0.344 e. The van der Waals surface area contributed by atoms with E-state index in [1.54, 1.807) is 55.5 Å². The van der Waals surface area contributed by atoms with Gasteiger partial charge in [-0.25, -0.2) is 4.79 Å². The van der Waals surface area contributed by atoms with Crippen molar-refractivity contribution >= 4 is 40.8 Å². The molecule has 1 unspecified atom stereocenters. The summed E-state index contributed by atoms with van der Waals surface area (Å²) in [5, 5.41) is 3.26. The normalized spacial score (nSPS) is 15.9. The molecule has 2 aromatic rings. The third kappa shape index (κ3) is 4.80. The molecule has 0 saturated carbocycles. The summed E-state index contributed by atoms with van der Waals surface area (Å²) in [5.41, 5.74) is 1.11. The van der Waals surface area contributed by atoms with Gasteiger partial charge in [-0.2, -0.15) is 0 Å². The van der Waals surface area contributed by atoms with Crippen LogP contribution in [-0.4, -0.2) is 37.0 Å². The third-order valence-corrected chi connectivity index (χ3v) is 4.37. The van der Waals surface area contributed by atoms with Crippen LogP contribution in [0.4, 0.5) is 11.4 Å². The minimum Gasteiger partial charge on any atom is -0.482 e. The van der Waals surface area contributed by atoms with Gasteiger partial charge in [-0.1, -0.05) is 29.8 Å². The highest BCUT2D eigenvalue weighted by Crippen LogP contribution is 2.31. The van der Waals surface area contributed by atoms with E-state index in [0.717, 1.165) is 0 Å². The maximum Gasteiger partial charge on any atom is 0.344 e. The average molecular weight is 403 g/mol. The first-order valence-electron chi connectivity index (χ1n) is 8.69. The van der Waals surface area contributed by atoms with E-state index in [0.29, 0.717) is 22.1 Å². The molecular formula is C20H19ClN2O5. The lowest BCUT2D eigenvalue weighted by Crippen LogP contribution is -2.41. The second-order valence-electron chi connectivity index (χ2n) is 6.29. The molecule has 1 aliphatic heterocycles. The fourth-order valence-electron chi connectivity index (χ4n) is 2.92. The van der Waals surface area contributed by atoms with Crippen LogP contribution in [0.1, 0.15) is 13.3 Å². The van der Waals surface area contributed by atoms with Crippen LogP contribution in [-0.2, 0) is 19.1 Å². The van der Waals surface area contributed by atoms with Crippen molar-refractivity contribution in [1.29, 1.82) is 0 Å². The Morgan fingerprint density at radius 1 is 1.18 bits per heavy atom. The highest BCUT2D eigenvalue weighted by Gasteiger charge is 2.30. The zero-order valence-electron chi connectivity index (χ0n) is 15.2. The number of benzene rings is 2. The number of anilines is 2. The Morgan fingerprint density at radius 2 is 1.96 bits per heavy atom. The highest BCUT2D eigenvalue weighted by molar-refractivity contribution is 6.30. The van der Waals surface area contributed by atoms with Crippen molar-refractivity contribution in [2.24, 2.45) is 0 Å². The van der Waals surface area contributed by atoms with E-state index in [-0.39, 0.29) is 25.0 Å². The fourth-order valence-corrected chi connectivity index (χ4v) is 3.10. The predicted octanol–water partition coefficient (Wildman–Crippen LogP) is 3.03. The maximum atomic E-state index is 12.7. The van der Waals surface area contributed by atoms with Crippen LogP contribution < -0.4 is 15.0 Å². The molecule has 1 heterocycles. The minimum atomic E-state index is -0.682. The number of halogens is 1. The Hall–Kier alpha value is -3.06. The largest absolute Gasteiger partial charge is 0.482 e. The van der Waals surface area contributed by atoms with Crippen LogP contribution >= 0.6 is 11.6 Å². The van der Waals surface area contributed by atoms with Gasteiger partial charge in [-0.05, 0) is 37.3 Å². The Labute approximate surface area is 167 Å². The van der Waals surface area contributed by atoms with Crippen LogP contribution in [0.2, 0.25) is 5.02 Å². The molecule has 0 spiro atoms. The second-order valence-corrected chi connectivity index (χ2v) is 6.73. The maximum absolute atomic E-state index is 12.7. The Bertz CT molecular complexity index is 902. The number of carbonyl (C=O) groups excluding carboxylic acids is 3. The summed E-state index contributed by atoms with van der Waals surface area (Å²) in [6.45, 7) is 0.966. The number of hydrogen-bond acceptors (Lipinski definition) is 5. The van der Waals surface area contributed by atoms with Crippen molar-refractivity contribution < 1.29 is 23.9 Å². The summed E-state index contributed by atoms with van der Waals surface area (Å²) in [7, 11) is 0. The second kappa shape index (κ2) is 8.75. The number of fused-ring (bicyclic) bond motifs is 1. The first-order chi connectivity index (χ1) is 13.4. The van der Waals surface area contributed by atoms with E-state index in [2.05, 4.69) is 5.32 Å². The number of carbonyl (C=O) groups is 3. The number of hydrogen-bond donors (Lipinski definition) is 1. The van der Waals surface area contributed by atoms with Crippen molar-refractivity contribution in [3.8, 4) is 5.75 Å². The van der Waals surface area contributed by atoms with Crippen molar-refractivity contribution in [3.63, 3.8) is 0 Å². The topological polar surface area (TPSA) is 84.9 Å². The third-order valence-electron chi connectivity index (χ3n) is 4.14. The van der Waals surface area contributed by atoms with E-state index in [1.807, 2.05) is 0 Å². The van der Waals surface area contributed by atoms with Gasteiger partial charge in [0.05, 0.1) is 11.4 Å². The van der Waals surface area contributed by atoms with Crippen LogP contribution in [0.15, 0.2) is 48.5 Å². The minimum absolute atomic E-state index is 0.145. The molecule has 2 aromatic carbocycles. The number of nitrogens with zero attached hydrogens (tertiary/aromatic N) is 1. The van der Waals surface area contributed by atoms with Crippen molar-refractivity contribution in [1.82, 2.24) is 0 Å². The van der Waals surface area contributed by atoms with E-state index >= 15 is 0 Å². The highest BCUT2D eigenvalue weighted by atomic mass is 35.5. The number of ether oxygens (including phenoxy) is 2. The summed E-state index contributed by atoms with van der Waals surface area (Å²) in [6, 6.07) is 13.2. The molecule has 0 aromatic heterocycles. The number of rotatable bonds is 5. The van der Waals surface area contributed by atoms with Crippen molar-refractivity contribution in [2.45, 2.75) is 19.4 Å². The molecule has 2 amide bonds. The Kier molecular flexibility index (Phi) is 6.16. The Balaban J connectivity index is 1.60. The molecule has 146 valence electrons. The molecule has 0 aliphatic carbocycles. The first kappa shape index (κ1) is 19.7. The lowest BCUT2D eigenvalue weighted by atomic mass is 10.1. The van der Waals surface area contributed by atoms with Gasteiger partial charge >= 0.3 is 5.97 Å². The molecule has 0 saturated heterocycles. The summed E-state index contributed by atoms with van der Waals surface area (Å²) >= 11 is 5.85. The van der Waals surface area contributed by atoms with Gasteiger partial charge < -0.3 is 19.7 Å². The van der Waals surface area contributed by atoms with Gasteiger partial charge in [0.2, 0.25) is 5.91 Å². The van der Waals surface area contributed by atoms with Crippen LogP contribution in [0.5, 0.6) is 5.75 Å². The van der Waals surface area contributed by atoms with E-state index < -0.39 is 18.5 Å². The van der Waals surface area contributed by atoms with E-state index in [9.17, 15) is 14.4 Å². The quantitative estimate of drug-likeness (QED) is 0.777. The monoisotopic (exact) mass is 402 g/mol. The van der Waals surface area contributed by atoms with Gasteiger partial charge in [0.25, 0.3) is 5.91 Å². The zero-order chi connectivity index (χ0) is 20.1. The van der Waals surface area contributed by atoms with Gasteiger partial charge in [0.1, 0.15) is 5.75 Å². The average Bonchev–Trinajstić information content (AvgIpc) is 2.78. The molecule has 28 heavy (non-hydrogen) atoms. The van der Waals surface area contributed by atoms with Crippen molar-refractivity contribution in [3.05, 3.63) is 53.6 Å². The molecular weight excluding hydrogens is 384 g/mol. The van der Waals surface area contributed by atoms with Crippen LogP contribution in [0.3, 0.4) is 0 Å². The lowest BCUT2D eigenvalue weighted by molar-refractivity contribution is -0.149. The molecule has 3 rings (SSSR count). The van der Waals surface area contributed by atoms with Gasteiger partial charge in [-0.15, -0.1) is 0 Å². The lowest BCUT2D eigenvalue weighted by Gasteiger charge is -2.27. The summed E-state index contributed by atoms with van der Waals surface area (Å²) < 4.78 is 10.3. The molecule has 0 bridgehead atoms. The fraction of sp³-hybridized carbons (Fsp3) is 0.250. The predicted molar refractivity (Wildman–Crippen MR) is 105 cm³/mol. The van der Waals surface area contributed by atoms with E-state index in [4.69, 9.17) is 21.1 Å². The van der Waals surface area contributed by atoms with Gasteiger partial charge in [0, 0.05) is 17.5 Å². The van der Waals surface area contributed by atoms with Crippen LogP contribution in [0.25, 0.3) is 0 Å². The summed E-state index contributed by atoms with van der Waals surface area (Å²) in [5.74, 6) is -0.858. The SMILES string of the molecule is CC1CC(=O)Nc2ccccc2N1C(=O)COC(=O)COc1cccc(Cl)c1. The number of para-hydroxylation sites is 2. The molecule has 1 N–H and O–H groups in total. The summed E-state index contributed by atoms with van der Waals surface area (Å²) in [4.78, 5) is 38.1. The van der Waals surface area contributed by atoms with Gasteiger partial charge in [0.15, 0.2) is 13.2 Å². The Morgan fingerprint density at radius 3 is 2.75 bits per heavy atom. The van der Waals surface area contributed by atoms with Crippen molar-refractivity contribution in [2.75, 3.05) is 23.4 Å². The zero-order valence-corrected chi connectivity index (χ0v) is 15.9. The number of nitrogens with one attached hydrogen (secondary N) is 1.